The molecule has 0 spiro atoms. The average molecular weight is 292 g/mol. The molecular formula is C18H28O3. The van der Waals surface area contributed by atoms with Gasteiger partial charge in [0.2, 0.25) is 0 Å². The first kappa shape index (κ1) is 17.5. The molecule has 0 fully saturated rings. The number of ether oxygens (including phenoxy) is 2. The number of rotatable bonds is 10. The highest BCUT2D eigenvalue weighted by Crippen LogP contribution is 2.21. The van der Waals surface area contributed by atoms with Gasteiger partial charge in [0.25, 0.3) is 0 Å². The second-order valence-electron chi connectivity index (χ2n) is 5.33. The van der Waals surface area contributed by atoms with Crippen molar-refractivity contribution < 1.29 is 14.3 Å². The van der Waals surface area contributed by atoms with Gasteiger partial charge in [0.15, 0.2) is 0 Å². The largest absolute Gasteiger partial charge is 0.513 e. The molecule has 0 bridgehead atoms. The topological polar surface area (TPSA) is 35.5 Å². The monoisotopic (exact) mass is 292 g/mol. The fraction of sp³-hybridized carbons (Fsp3) is 0.611. The van der Waals surface area contributed by atoms with Gasteiger partial charge in [-0.1, -0.05) is 64.2 Å². The van der Waals surface area contributed by atoms with Crippen LogP contribution in [0.2, 0.25) is 0 Å². The van der Waals surface area contributed by atoms with Crippen molar-refractivity contribution in [2.45, 2.75) is 65.2 Å². The Morgan fingerprint density at radius 1 is 0.952 bits per heavy atom. The molecule has 0 saturated heterocycles. The summed E-state index contributed by atoms with van der Waals surface area (Å²) in [5, 5.41) is 0. The summed E-state index contributed by atoms with van der Waals surface area (Å²) in [6.07, 6.45) is 8.24. The van der Waals surface area contributed by atoms with E-state index in [-0.39, 0.29) is 0 Å². The predicted octanol–water partition coefficient (Wildman–Crippen LogP) is 5.52. The number of carbonyl (C=O) groups excluding carboxylic acids is 1. The SMILES string of the molecule is CCCCCCc1ccccc1OC(=O)OCCCCC. The normalized spacial score (nSPS) is 10.4. The third kappa shape index (κ3) is 7.74. The summed E-state index contributed by atoms with van der Waals surface area (Å²) in [5.41, 5.74) is 1.08. The third-order valence-electron chi connectivity index (χ3n) is 3.43. The third-order valence-corrected chi connectivity index (χ3v) is 3.43. The molecule has 0 radical (unpaired) electrons. The van der Waals surface area contributed by atoms with E-state index in [1.807, 2.05) is 24.3 Å². The highest BCUT2D eigenvalue weighted by Gasteiger charge is 2.09. The predicted molar refractivity (Wildman–Crippen MR) is 85.8 cm³/mol. The number of unbranched alkanes of at least 4 members (excludes halogenated alkanes) is 5. The van der Waals surface area contributed by atoms with Gasteiger partial charge in [-0.05, 0) is 30.9 Å². The van der Waals surface area contributed by atoms with Crippen molar-refractivity contribution in [3.8, 4) is 5.75 Å². The van der Waals surface area contributed by atoms with Crippen LogP contribution in [0.25, 0.3) is 0 Å². The fourth-order valence-corrected chi connectivity index (χ4v) is 2.18. The zero-order chi connectivity index (χ0) is 15.3. The van der Waals surface area contributed by atoms with E-state index in [4.69, 9.17) is 9.47 Å². The van der Waals surface area contributed by atoms with Crippen molar-refractivity contribution in [1.29, 1.82) is 0 Å². The molecule has 0 amide bonds. The van der Waals surface area contributed by atoms with Gasteiger partial charge in [0.05, 0.1) is 6.61 Å². The first-order chi connectivity index (χ1) is 10.3. The molecule has 1 rings (SSSR count). The molecular weight excluding hydrogens is 264 g/mol. The Hall–Kier alpha value is -1.51. The van der Waals surface area contributed by atoms with Crippen LogP contribution < -0.4 is 4.74 Å². The molecule has 0 aliphatic heterocycles. The van der Waals surface area contributed by atoms with Crippen LogP contribution in [0.1, 0.15) is 64.4 Å². The average Bonchev–Trinajstić information content (AvgIpc) is 2.50. The van der Waals surface area contributed by atoms with Crippen molar-refractivity contribution in [2.75, 3.05) is 6.61 Å². The molecule has 0 saturated carbocycles. The number of carbonyl (C=O) groups is 1. The zero-order valence-electron chi connectivity index (χ0n) is 13.4. The number of para-hydroxylation sites is 1. The number of benzene rings is 1. The number of hydrogen-bond donors (Lipinski definition) is 0. The Balaban J connectivity index is 2.40. The lowest BCUT2D eigenvalue weighted by Crippen LogP contribution is -2.12. The van der Waals surface area contributed by atoms with Crippen LogP contribution in [-0.2, 0) is 11.2 Å². The van der Waals surface area contributed by atoms with E-state index in [0.29, 0.717) is 12.4 Å². The molecule has 118 valence electrons. The lowest BCUT2D eigenvalue weighted by molar-refractivity contribution is 0.0971. The molecule has 1 aromatic carbocycles. The first-order valence-electron chi connectivity index (χ1n) is 8.20. The molecule has 0 aliphatic rings. The van der Waals surface area contributed by atoms with E-state index in [9.17, 15) is 4.79 Å². The van der Waals surface area contributed by atoms with Gasteiger partial charge in [0, 0.05) is 0 Å². The van der Waals surface area contributed by atoms with Gasteiger partial charge in [-0.25, -0.2) is 4.79 Å². The lowest BCUT2D eigenvalue weighted by Gasteiger charge is -2.10. The Kier molecular flexibility index (Phi) is 9.34. The quantitative estimate of drug-likeness (QED) is 0.324. The van der Waals surface area contributed by atoms with Crippen molar-refractivity contribution in [1.82, 2.24) is 0 Å². The van der Waals surface area contributed by atoms with E-state index in [1.54, 1.807) is 0 Å². The second-order valence-corrected chi connectivity index (χ2v) is 5.33. The summed E-state index contributed by atoms with van der Waals surface area (Å²) in [4.78, 5) is 11.7. The van der Waals surface area contributed by atoms with Gasteiger partial charge in [0.1, 0.15) is 5.75 Å². The maximum atomic E-state index is 11.7. The zero-order valence-corrected chi connectivity index (χ0v) is 13.4. The minimum atomic E-state index is -0.591. The number of hydrogen-bond acceptors (Lipinski definition) is 3. The van der Waals surface area contributed by atoms with E-state index in [1.165, 1.54) is 19.3 Å². The van der Waals surface area contributed by atoms with E-state index in [0.717, 1.165) is 37.7 Å². The fourth-order valence-electron chi connectivity index (χ4n) is 2.18. The van der Waals surface area contributed by atoms with Crippen molar-refractivity contribution in [3.05, 3.63) is 29.8 Å². The summed E-state index contributed by atoms with van der Waals surface area (Å²) in [7, 11) is 0. The van der Waals surface area contributed by atoms with Crippen molar-refractivity contribution in [2.24, 2.45) is 0 Å². The summed E-state index contributed by atoms with van der Waals surface area (Å²) in [6.45, 7) is 4.75. The van der Waals surface area contributed by atoms with Crippen LogP contribution in [-0.4, -0.2) is 12.8 Å². The molecule has 0 N–H and O–H groups in total. The van der Waals surface area contributed by atoms with Gasteiger partial charge in [-0.3, -0.25) is 0 Å². The minimum absolute atomic E-state index is 0.436. The molecule has 0 aliphatic carbocycles. The summed E-state index contributed by atoms with van der Waals surface area (Å²) in [5.74, 6) is 0.634. The molecule has 0 heterocycles. The standard InChI is InChI=1S/C18H28O3/c1-3-5-7-8-12-16-13-9-10-14-17(16)21-18(19)20-15-11-6-4-2/h9-10,13-14H,3-8,11-12,15H2,1-2H3. The maximum absolute atomic E-state index is 11.7. The lowest BCUT2D eigenvalue weighted by atomic mass is 10.1. The van der Waals surface area contributed by atoms with Crippen LogP contribution in [0.4, 0.5) is 4.79 Å². The molecule has 0 unspecified atom stereocenters. The van der Waals surface area contributed by atoms with Crippen LogP contribution in [0.3, 0.4) is 0 Å². The van der Waals surface area contributed by atoms with E-state index < -0.39 is 6.16 Å². The minimum Gasteiger partial charge on any atom is -0.434 e. The highest BCUT2D eigenvalue weighted by molar-refractivity contribution is 5.64. The molecule has 3 heteroatoms. The number of aryl methyl sites for hydroxylation is 1. The molecule has 0 aromatic heterocycles. The van der Waals surface area contributed by atoms with Crippen molar-refractivity contribution in [3.63, 3.8) is 0 Å². The maximum Gasteiger partial charge on any atom is 0.513 e. The molecule has 21 heavy (non-hydrogen) atoms. The van der Waals surface area contributed by atoms with Gasteiger partial charge < -0.3 is 9.47 Å². The van der Waals surface area contributed by atoms with Crippen molar-refractivity contribution >= 4 is 6.16 Å². The van der Waals surface area contributed by atoms with Gasteiger partial charge >= 0.3 is 6.16 Å². The van der Waals surface area contributed by atoms with E-state index >= 15 is 0 Å². The summed E-state index contributed by atoms with van der Waals surface area (Å²) in [6, 6.07) is 7.72. The van der Waals surface area contributed by atoms with Gasteiger partial charge in [-0.2, -0.15) is 0 Å². The van der Waals surface area contributed by atoms with Crippen LogP contribution in [0.15, 0.2) is 24.3 Å². The second kappa shape index (κ2) is 11.2. The van der Waals surface area contributed by atoms with Crippen LogP contribution in [0.5, 0.6) is 5.75 Å². The highest BCUT2D eigenvalue weighted by atomic mass is 16.7. The molecule has 3 nitrogen and oxygen atoms in total. The summed E-state index contributed by atoms with van der Waals surface area (Å²) >= 11 is 0. The first-order valence-corrected chi connectivity index (χ1v) is 8.20. The van der Waals surface area contributed by atoms with Gasteiger partial charge in [-0.15, -0.1) is 0 Å². The molecule has 1 aromatic rings. The summed E-state index contributed by atoms with van der Waals surface area (Å²) < 4.78 is 10.4. The van der Waals surface area contributed by atoms with Crippen LogP contribution >= 0.6 is 0 Å². The Morgan fingerprint density at radius 2 is 1.67 bits per heavy atom. The van der Waals surface area contributed by atoms with E-state index in [2.05, 4.69) is 13.8 Å². The smallest absolute Gasteiger partial charge is 0.434 e. The Labute approximate surface area is 128 Å². The van der Waals surface area contributed by atoms with Crippen LogP contribution in [0, 0.1) is 0 Å². The Bertz CT molecular complexity index is 401. The molecule has 0 atom stereocenters. The Morgan fingerprint density at radius 3 is 2.43 bits per heavy atom.